The van der Waals surface area contributed by atoms with Gasteiger partial charge in [0.2, 0.25) is 0 Å². The molecule has 0 aromatic heterocycles. The topological polar surface area (TPSA) is 77.4 Å². The predicted molar refractivity (Wildman–Crippen MR) is 330 cm³/mol. The van der Waals surface area contributed by atoms with Gasteiger partial charge in [0.15, 0.2) is 0 Å². The standard InChI is InChI=1S/C71H93BrO6/c1-66(2,3)54-30-42-24-46-34-56(68(7,8)9)35-47(62(46)75-19)25-43-31-55(67(4,5)6)33-45(61(43)74)27-49-37-58(70(13,14)15)39-51(64(49)77-21)29-53-41-59(71(16,17)18)40-52(65(53)78-23-22-72)28-50-38-57(69(10,11)12)36-48(63(50)76-20)26-44(32-54)60(42)73/h30-41,73-74H,22-29H2,1-21H3. The fourth-order valence-corrected chi connectivity index (χ4v) is 11.2. The summed E-state index contributed by atoms with van der Waals surface area (Å²) in [7, 11) is 5.31. The second kappa shape index (κ2) is 22.3. The number of alkyl halides is 1. The number of halogens is 1. The summed E-state index contributed by atoms with van der Waals surface area (Å²) >= 11 is 3.71. The molecule has 78 heavy (non-hydrogen) atoms. The first kappa shape index (κ1) is 60.2. The summed E-state index contributed by atoms with van der Waals surface area (Å²) in [6.07, 6.45) is 2.87. The number of fused-ring (bicyclic) bond motifs is 12. The van der Waals surface area contributed by atoms with Crippen LogP contribution in [0.5, 0.6) is 34.5 Å². The minimum Gasteiger partial charge on any atom is -0.507 e. The highest BCUT2D eigenvalue weighted by atomic mass is 79.9. The third-order valence-corrected chi connectivity index (χ3v) is 16.2. The average Bonchev–Trinajstić information content (AvgIpc) is 3.43. The third kappa shape index (κ3) is 13.3. The summed E-state index contributed by atoms with van der Waals surface area (Å²) in [6.45, 7) is 41.1. The van der Waals surface area contributed by atoms with Crippen LogP contribution in [0, 0.1) is 0 Å². The van der Waals surface area contributed by atoms with Crippen LogP contribution in [-0.4, -0.2) is 43.5 Å². The Morgan fingerprint density at radius 2 is 0.474 bits per heavy atom. The summed E-state index contributed by atoms with van der Waals surface area (Å²) in [5.74, 6) is 3.78. The van der Waals surface area contributed by atoms with Crippen molar-refractivity contribution in [3.63, 3.8) is 0 Å². The van der Waals surface area contributed by atoms with E-state index in [9.17, 15) is 10.2 Å². The van der Waals surface area contributed by atoms with Crippen molar-refractivity contribution in [1.82, 2.24) is 0 Å². The van der Waals surface area contributed by atoms with Crippen molar-refractivity contribution in [3.05, 3.63) is 173 Å². The molecule has 0 saturated carbocycles. The van der Waals surface area contributed by atoms with Crippen LogP contribution < -0.4 is 18.9 Å². The molecular formula is C71H93BrO6. The third-order valence-electron chi connectivity index (χ3n) is 15.9. The Labute approximate surface area is 478 Å². The number of hydrogen-bond acceptors (Lipinski definition) is 6. The van der Waals surface area contributed by atoms with Crippen molar-refractivity contribution in [2.24, 2.45) is 0 Å². The van der Waals surface area contributed by atoms with E-state index in [0.29, 0.717) is 50.5 Å². The number of phenols is 2. The first-order valence-electron chi connectivity index (χ1n) is 28.2. The van der Waals surface area contributed by atoms with Crippen LogP contribution in [0.4, 0.5) is 0 Å². The van der Waals surface area contributed by atoms with Gasteiger partial charge in [0.25, 0.3) is 0 Å². The Hall–Kier alpha value is -5.40. The molecule has 0 atom stereocenters. The molecule has 0 fully saturated rings. The molecule has 7 rings (SSSR count). The van der Waals surface area contributed by atoms with Crippen molar-refractivity contribution in [1.29, 1.82) is 0 Å². The van der Waals surface area contributed by atoms with E-state index in [0.717, 1.165) is 106 Å². The highest BCUT2D eigenvalue weighted by molar-refractivity contribution is 9.09. The molecule has 0 heterocycles. The number of benzene rings is 6. The van der Waals surface area contributed by atoms with Crippen molar-refractivity contribution in [2.75, 3.05) is 33.3 Å². The maximum Gasteiger partial charge on any atom is 0.126 e. The predicted octanol–water partition coefficient (Wildman–Crippen LogP) is 17.5. The molecule has 0 aliphatic heterocycles. The first-order chi connectivity index (χ1) is 36.0. The zero-order chi connectivity index (χ0) is 57.8. The van der Waals surface area contributed by atoms with Gasteiger partial charge in [0, 0.05) is 43.9 Å². The molecule has 0 unspecified atom stereocenters. The van der Waals surface area contributed by atoms with Crippen molar-refractivity contribution < 1.29 is 29.2 Å². The van der Waals surface area contributed by atoms with Gasteiger partial charge in [-0.15, -0.1) is 0 Å². The van der Waals surface area contributed by atoms with E-state index in [1.165, 1.54) is 16.7 Å². The largest absolute Gasteiger partial charge is 0.507 e. The fourth-order valence-electron chi connectivity index (χ4n) is 11.1. The lowest BCUT2D eigenvalue weighted by Gasteiger charge is -2.28. The van der Waals surface area contributed by atoms with Gasteiger partial charge in [0.05, 0.1) is 27.9 Å². The van der Waals surface area contributed by atoms with Gasteiger partial charge in [0.1, 0.15) is 34.5 Å². The van der Waals surface area contributed by atoms with Crippen molar-refractivity contribution >= 4 is 15.9 Å². The van der Waals surface area contributed by atoms with Gasteiger partial charge in [-0.05, 0) is 133 Å². The van der Waals surface area contributed by atoms with Crippen LogP contribution in [0.1, 0.15) is 225 Å². The molecular weight excluding hydrogens is 1030 g/mol. The highest BCUT2D eigenvalue weighted by Crippen LogP contribution is 2.46. The smallest absolute Gasteiger partial charge is 0.126 e. The summed E-state index contributed by atoms with van der Waals surface area (Å²) in [4.78, 5) is 0. The van der Waals surface area contributed by atoms with Crippen LogP contribution in [0.15, 0.2) is 72.8 Å². The van der Waals surface area contributed by atoms with E-state index in [2.05, 4.69) is 213 Å². The van der Waals surface area contributed by atoms with Gasteiger partial charge < -0.3 is 29.2 Å². The van der Waals surface area contributed by atoms with Crippen LogP contribution in [0.25, 0.3) is 0 Å². The van der Waals surface area contributed by atoms with Crippen LogP contribution in [0.3, 0.4) is 0 Å². The molecule has 0 saturated heterocycles. The zero-order valence-corrected chi connectivity index (χ0v) is 53.1. The van der Waals surface area contributed by atoms with Crippen LogP contribution in [-0.2, 0) is 71.0 Å². The fraction of sp³-hybridized carbons (Fsp3) is 0.493. The van der Waals surface area contributed by atoms with Gasteiger partial charge in [-0.3, -0.25) is 0 Å². The van der Waals surface area contributed by atoms with Gasteiger partial charge >= 0.3 is 0 Å². The molecule has 6 aromatic carbocycles. The van der Waals surface area contributed by atoms with E-state index < -0.39 is 0 Å². The lowest BCUT2D eigenvalue weighted by molar-refractivity contribution is 0.337. The molecule has 0 radical (unpaired) electrons. The Morgan fingerprint density at radius 1 is 0.308 bits per heavy atom. The van der Waals surface area contributed by atoms with Crippen molar-refractivity contribution in [3.8, 4) is 34.5 Å². The van der Waals surface area contributed by atoms with Gasteiger partial charge in [-0.25, -0.2) is 0 Å². The lowest BCUT2D eigenvalue weighted by Crippen LogP contribution is -2.17. The Balaban J connectivity index is 1.65. The molecule has 6 aromatic rings. The van der Waals surface area contributed by atoms with Crippen LogP contribution >= 0.6 is 15.9 Å². The monoisotopic (exact) mass is 1120 g/mol. The maximum absolute atomic E-state index is 12.8. The normalized spacial score (nSPS) is 13.9. The van der Waals surface area contributed by atoms with Gasteiger partial charge in [-0.1, -0.05) is 213 Å². The number of methoxy groups -OCH3 is 3. The molecule has 420 valence electrons. The molecule has 0 spiro atoms. The average molecular weight is 1120 g/mol. The molecule has 1 aliphatic carbocycles. The number of hydrogen-bond donors (Lipinski definition) is 2. The van der Waals surface area contributed by atoms with E-state index in [1.807, 2.05) is 0 Å². The summed E-state index contributed by atoms with van der Waals surface area (Å²) in [5.41, 5.74) is 17.4. The minimum absolute atomic E-state index is 0.190. The number of ether oxygens (including phenoxy) is 4. The Kier molecular flexibility index (Phi) is 17.2. The van der Waals surface area contributed by atoms with Crippen LogP contribution in [0.2, 0.25) is 0 Å². The molecule has 12 bridgehead atoms. The second-order valence-electron chi connectivity index (χ2n) is 28.5. The Bertz CT molecular complexity index is 3000. The zero-order valence-electron chi connectivity index (χ0n) is 51.5. The maximum atomic E-state index is 12.8. The summed E-state index contributed by atoms with van der Waals surface area (Å²) in [6, 6.07) is 27.2. The number of rotatable bonds is 6. The molecule has 2 N–H and O–H groups in total. The highest BCUT2D eigenvalue weighted by Gasteiger charge is 2.30. The quantitative estimate of drug-likeness (QED) is 0.162. The van der Waals surface area contributed by atoms with E-state index >= 15 is 0 Å². The van der Waals surface area contributed by atoms with E-state index in [1.54, 1.807) is 21.3 Å². The minimum atomic E-state index is -0.224. The van der Waals surface area contributed by atoms with Crippen molar-refractivity contribution in [2.45, 2.75) is 196 Å². The van der Waals surface area contributed by atoms with Gasteiger partial charge in [-0.2, -0.15) is 0 Å². The summed E-state index contributed by atoms with van der Waals surface area (Å²) < 4.78 is 26.6. The number of aromatic hydroxyl groups is 2. The Morgan fingerprint density at radius 3 is 0.641 bits per heavy atom. The second-order valence-corrected chi connectivity index (χ2v) is 29.3. The molecule has 7 heteroatoms. The van der Waals surface area contributed by atoms with E-state index in [4.69, 9.17) is 18.9 Å². The molecule has 1 aliphatic rings. The molecule has 6 nitrogen and oxygen atoms in total. The first-order valence-corrected chi connectivity index (χ1v) is 29.3. The summed E-state index contributed by atoms with van der Waals surface area (Å²) in [5, 5.41) is 26.3. The SMILES string of the molecule is COc1c2cc(C(C)(C)C)cc1Cc1cc(C(C)(C)C)cc(c1O)Cc1cc(C(C)(C)C)cc(c1OC)Cc1cc(C(C)(C)C)cc(c1OCCBr)Cc1cc(C(C)(C)C)cc(c1OC)Cc1cc(C(C)(C)C)cc(c1O)C2. The van der Waals surface area contributed by atoms with E-state index in [-0.39, 0.29) is 44.0 Å². The number of phenolic OH excluding ortho intramolecular Hbond substituents is 2. The molecule has 0 amide bonds. The lowest BCUT2D eigenvalue weighted by atomic mass is 9.79.